The Hall–Kier alpha value is 0.170. The van der Waals surface area contributed by atoms with Gasteiger partial charge in [0.1, 0.15) is 6.10 Å². The highest BCUT2D eigenvalue weighted by Crippen LogP contribution is 2.31. The minimum atomic E-state index is 0.0903. The molecule has 1 aliphatic rings. The van der Waals surface area contributed by atoms with Crippen LogP contribution in [-0.4, -0.2) is 17.8 Å². The number of hydrogen-bond donors (Lipinski definition) is 1. The van der Waals surface area contributed by atoms with Crippen molar-refractivity contribution in [2.24, 2.45) is 0 Å². The standard InChI is InChI=1S/C8H14O2S2/c9-6-10-7-4-2-1-3-5-8(7)12-11/h6-8,11H,1-5H2. The van der Waals surface area contributed by atoms with E-state index in [4.69, 9.17) is 4.74 Å². The summed E-state index contributed by atoms with van der Waals surface area (Å²) in [7, 11) is 1.52. The molecule has 1 fully saturated rings. The molecule has 0 bridgehead atoms. The minimum absolute atomic E-state index is 0.0903. The zero-order chi connectivity index (χ0) is 8.81. The van der Waals surface area contributed by atoms with Crippen molar-refractivity contribution in [3.63, 3.8) is 0 Å². The molecule has 0 aromatic carbocycles. The third-order valence-corrected chi connectivity index (χ3v) is 3.88. The van der Waals surface area contributed by atoms with Crippen LogP contribution in [0.1, 0.15) is 32.1 Å². The molecule has 0 radical (unpaired) electrons. The van der Waals surface area contributed by atoms with Gasteiger partial charge >= 0.3 is 0 Å². The van der Waals surface area contributed by atoms with Gasteiger partial charge in [0, 0.05) is 0 Å². The predicted molar refractivity (Wildman–Crippen MR) is 54.4 cm³/mol. The zero-order valence-corrected chi connectivity index (χ0v) is 8.65. The van der Waals surface area contributed by atoms with E-state index in [0.717, 1.165) is 12.8 Å². The van der Waals surface area contributed by atoms with E-state index in [2.05, 4.69) is 11.7 Å². The van der Waals surface area contributed by atoms with Crippen LogP contribution in [0.4, 0.5) is 0 Å². The zero-order valence-electron chi connectivity index (χ0n) is 6.94. The number of thiol groups is 1. The molecule has 0 aromatic heterocycles. The average Bonchev–Trinajstić information content (AvgIpc) is 2.30. The van der Waals surface area contributed by atoms with Crippen LogP contribution in [0.2, 0.25) is 0 Å². The van der Waals surface area contributed by atoms with Crippen LogP contribution in [0.3, 0.4) is 0 Å². The number of rotatable bonds is 3. The summed E-state index contributed by atoms with van der Waals surface area (Å²) in [6.45, 7) is 0.562. The van der Waals surface area contributed by atoms with Crippen molar-refractivity contribution in [3.8, 4) is 0 Å². The lowest BCUT2D eigenvalue weighted by Crippen LogP contribution is -2.23. The average molecular weight is 206 g/mol. The molecule has 1 aliphatic carbocycles. The second-order valence-corrected chi connectivity index (χ2v) is 4.50. The van der Waals surface area contributed by atoms with Crippen LogP contribution in [-0.2, 0) is 9.53 Å². The lowest BCUT2D eigenvalue weighted by molar-refractivity contribution is -0.133. The maximum atomic E-state index is 10.2. The first-order valence-electron chi connectivity index (χ1n) is 4.28. The van der Waals surface area contributed by atoms with Crippen molar-refractivity contribution in [2.45, 2.75) is 43.5 Å². The van der Waals surface area contributed by atoms with Gasteiger partial charge in [-0.15, -0.1) is 11.7 Å². The Morgan fingerprint density at radius 3 is 2.75 bits per heavy atom. The Balaban J connectivity index is 2.44. The molecule has 4 heteroatoms. The summed E-state index contributed by atoms with van der Waals surface area (Å²) in [4.78, 5) is 10.2. The molecule has 2 nitrogen and oxygen atoms in total. The fraction of sp³-hybridized carbons (Fsp3) is 0.875. The predicted octanol–water partition coefficient (Wildman–Crippen LogP) is 2.44. The van der Waals surface area contributed by atoms with Gasteiger partial charge in [-0.2, -0.15) is 0 Å². The normalized spacial score (nSPS) is 30.8. The Kier molecular flexibility index (Phi) is 4.92. The first kappa shape index (κ1) is 10.3. The van der Waals surface area contributed by atoms with Crippen molar-refractivity contribution in [3.05, 3.63) is 0 Å². The van der Waals surface area contributed by atoms with E-state index in [1.807, 2.05) is 0 Å². The van der Waals surface area contributed by atoms with Crippen LogP contribution in [0, 0.1) is 0 Å². The summed E-state index contributed by atoms with van der Waals surface area (Å²) in [6, 6.07) is 0. The lowest BCUT2D eigenvalue weighted by atomic mass is 10.1. The molecule has 1 saturated carbocycles. The summed E-state index contributed by atoms with van der Waals surface area (Å²) < 4.78 is 5.02. The van der Waals surface area contributed by atoms with Crippen molar-refractivity contribution in [1.29, 1.82) is 0 Å². The fourth-order valence-corrected chi connectivity index (χ4v) is 2.92. The molecular weight excluding hydrogens is 192 g/mol. The highest BCUT2D eigenvalue weighted by Gasteiger charge is 2.24. The lowest BCUT2D eigenvalue weighted by Gasteiger charge is -2.20. The van der Waals surface area contributed by atoms with Gasteiger partial charge in [-0.05, 0) is 19.3 Å². The van der Waals surface area contributed by atoms with Gasteiger partial charge in [-0.1, -0.05) is 23.6 Å². The topological polar surface area (TPSA) is 26.3 Å². The third kappa shape index (κ3) is 2.90. The Morgan fingerprint density at radius 1 is 1.33 bits per heavy atom. The van der Waals surface area contributed by atoms with Crippen LogP contribution < -0.4 is 0 Å². The first-order valence-corrected chi connectivity index (χ1v) is 6.21. The number of carbonyl (C=O) groups is 1. The smallest absolute Gasteiger partial charge is 0.293 e. The van der Waals surface area contributed by atoms with Crippen LogP contribution in [0.25, 0.3) is 0 Å². The molecule has 2 unspecified atom stereocenters. The SMILES string of the molecule is O=COC1CCCCCC1SS. The minimum Gasteiger partial charge on any atom is -0.463 e. The second kappa shape index (κ2) is 5.75. The third-order valence-electron chi connectivity index (χ3n) is 2.26. The van der Waals surface area contributed by atoms with Gasteiger partial charge in [0.05, 0.1) is 5.25 Å². The van der Waals surface area contributed by atoms with Gasteiger partial charge in [0.25, 0.3) is 6.47 Å². The van der Waals surface area contributed by atoms with Crippen molar-refractivity contribution in [2.75, 3.05) is 0 Å². The van der Waals surface area contributed by atoms with E-state index < -0.39 is 0 Å². The number of carbonyl (C=O) groups excluding carboxylic acids is 1. The summed E-state index contributed by atoms with van der Waals surface area (Å²) in [5.74, 6) is 0. The highest BCUT2D eigenvalue weighted by atomic mass is 33.1. The number of ether oxygens (including phenoxy) is 1. The highest BCUT2D eigenvalue weighted by molar-refractivity contribution is 8.68. The van der Waals surface area contributed by atoms with Gasteiger partial charge < -0.3 is 4.74 Å². The molecule has 2 atom stereocenters. The molecule has 0 saturated heterocycles. The van der Waals surface area contributed by atoms with Crippen molar-refractivity contribution in [1.82, 2.24) is 0 Å². The molecule has 0 N–H and O–H groups in total. The summed E-state index contributed by atoms with van der Waals surface area (Å²) in [5, 5.41) is 0.390. The van der Waals surface area contributed by atoms with Gasteiger partial charge in [0.2, 0.25) is 0 Å². The number of hydrogen-bond acceptors (Lipinski definition) is 4. The molecule has 0 spiro atoms. The van der Waals surface area contributed by atoms with Crippen LogP contribution >= 0.6 is 22.5 Å². The van der Waals surface area contributed by atoms with Gasteiger partial charge in [-0.3, -0.25) is 4.79 Å². The van der Waals surface area contributed by atoms with E-state index >= 15 is 0 Å². The maximum Gasteiger partial charge on any atom is 0.293 e. The van der Waals surface area contributed by atoms with Gasteiger partial charge in [0.15, 0.2) is 0 Å². The Bertz CT molecular complexity index is 141. The molecule has 70 valence electrons. The monoisotopic (exact) mass is 206 g/mol. The molecule has 12 heavy (non-hydrogen) atoms. The fourth-order valence-electron chi connectivity index (χ4n) is 1.59. The van der Waals surface area contributed by atoms with E-state index in [1.165, 1.54) is 30.1 Å². The molecule has 0 aliphatic heterocycles. The van der Waals surface area contributed by atoms with Gasteiger partial charge in [-0.25, -0.2) is 0 Å². The Morgan fingerprint density at radius 2 is 2.08 bits per heavy atom. The summed E-state index contributed by atoms with van der Waals surface area (Å²) in [5.41, 5.74) is 0. The van der Waals surface area contributed by atoms with Crippen LogP contribution in [0.5, 0.6) is 0 Å². The van der Waals surface area contributed by atoms with Crippen LogP contribution in [0.15, 0.2) is 0 Å². The summed E-state index contributed by atoms with van der Waals surface area (Å²) in [6.07, 6.45) is 5.86. The van der Waals surface area contributed by atoms with E-state index in [1.54, 1.807) is 0 Å². The second-order valence-electron chi connectivity index (χ2n) is 3.05. The quantitative estimate of drug-likeness (QED) is 0.332. The first-order chi connectivity index (χ1) is 5.88. The Labute approximate surface area is 82.2 Å². The maximum absolute atomic E-state index is 10.2. The molecular formula is C8H14O2S2. The molecule has 0 heterocycles. The molecule has 1 rings (SSSR count). The van der Waals surface area contributed by atoms with E-state index in [0.29, 0.717) is 11.7 Å². The van der Waals surface area contributed by atoms with E-state index in [-0.39, 0.29) is 6.10 Å². The summed E-state index contributed by atoms with van der Waals surface area (Å²) >= 11 is 4.18. The van der Waals surface area contributed by atoms with Crippen molar-refractivity contribution < 1.29 is 9.53 Å². The largest absolute Gasteiger partial charge is 0.463 e. The van der Waals surface area contributed by atoms with E-state index in [9.17, 15) is 4.79 Å². The van der Waals surface area contributed by atoms with Crippen molar-refractivity contribution >= 4 is 28.9 Å². The molecule has 0 aromatic rings. The molecule has 0 amide bonds.